The fraction of sp³-hybridized carbons (Fsp3) is 0.118. The number of H-pyrrole nitrogens is 1. The molecule has 0 aliphatic rings. The molecule has 0 bridgehead atoms. The zero-order chi connectivity index (χ0) is 18.0. The number of nitrogens with two attached hydrogens (primary N) is 1. The second kappa shape index (κ2) is 6.94. The number of thioether (sulfide) groups is 1. The highest BCUT2D eigenvalue weighted by Gasteiger charge is 2.25. The van der Waals surface area contributed by atoms with Crippen molar-refractivity contribution in [1.82, 2.24) is 9.97 Å². The molecular weight excluding hydrogens is 345 g/mol. The Hall–Kier alpha value is -2.87. The molecule has 8 heteroatoms. The van der Waals surface area contributed by atoms with E-state index in [0.717, 1.165) is 11.8 Å². The summed E-state index contributed by atoms with van der Waals surface area (Å²) in [7, 11) is 1.26. The number of methoxy groups -OCH3 is 1. The number of ether oxygens (including phenoxy) is 1. The van der Waals surface area contributed by atoms with E-state index < -0.39 is 22.9 Å². The first kappa shape index (κ1) is 17.0. The first-order valence-electron chi connectivity index (χ1n) is 7.28. The van der Waals surface area contributed by atoms with Gasteiger partial charge in [-0.15, -0.1) is 0 Å². The number of primary amides is 1. The van der Waals surface area contributed by atoms with Gasteiger partial charge >= 0.3 is 5.97 Å². The van der Waals surface area contributed by atoms with Crippen molar-refractivity contribution < 1.29 is 18.7 Å². The Morgan fingerprint density at radius 3 is 2.72 bits per heavy atom. The van der Waals surface area contributed by atoms with E-state index in [4.69, 9.17) is 10.5 Å². The number of nitrogens with one attached hydrogen (secondary N) is 1. The Bertz CT molecular complexity index is 957. The minimum atomic E-state index is -0.807. The van der Waals surface area contributed by atoms with Crippen molar-refractivity contribution in [2.24, 2.45) is 5.73 Å². The summed E-state index contributed by atoms with van der Waals surface area (Å²) >= 11 is 1.07. The summed E-state index contributed by atoms with van der Waals surface area (Å²) in [4.78, 5) is 31.0. The topological polar surface area (TPSA) is 98.1 Å². The molecule has 0 spiro atoms. The van der Waals surface area contributed by atoms with Crippen LogP contribution >= 0.6 is 11.8 Å². The van der Waals surface area contributed by atoms with Crippen molar-refractivity contribution >= 4 is 34.7 Å². The van der Waals surface area contributed by atoms with Crippen LogP contribution in [0.2, 0.25) is 0 Å². The summed E-state index contributed by atoms with van der Waals surface area (Å²) < 4.78 is 18.3. The number of halogens is 1. The zero-order valence-electron chi connectivity index (χ0n) is 13.2. The number of hydrogen-bond donors (Lipinski definition) is 2. The van der Waals surface area contributed by atoms with Crippen LogP contribution in [0.25, 0.3) is 11.0 Å². The molecule has 0 aliphatic heterocycles. The van der Waals surface area contributed by atoms with Gasteiger partial charge < -0.3 is 15.5 Å². The van der Waals surface area contributed by atoms with E-state index in [1.54, 1.807) is 24.3 Å². The molecule has 3 N–H and O–H groups in total. The van der Waals surface area contributed by atoms with Gasteiger partial charge in [0.15, 0.2) is 5.16 Å². The third kappa shape index (κ3) is 3.48. The van der Waals surface area contributed by atoms with Crippen molar-refractivity contribution in [2.45, 2.75) is 10.4 Å². The number of fused-ring (bicyclic) bond motifs is 1. The molecule has 128 valence electrons. The summed E-state index contributed by atoms with van der Waals surface area (Å²) in [5.41, 5.74) is 7.11. The van der Waals surface area contributed by atoms with Gasteiger partial charge in [-0.2, -0.15) is 0 Å². The van der Waals surface area contributed by atoms with Gasteiger partial charge in [-0.3, -0.25) is 9.59 Å². The molecule has 0 radical (unpaired) electrons. The second-order valence-corrected chi connectivity index (χ2v) is 6.28. The maximum Gasteiger partial charge on any atom is 0.323 e. The van der Waals surface area contributed by atoms with Gasteiger partial charge in [0.1, 0.15) is 16.6 Å². The average molecular weight is 359 g/mol. The van der Waals surface area contributed by atoms with E-state index in [9.17, 15) is 14.0 Å². The largest absolute Gasteiger partial charge is 0.468 e. The highest BCUT2D eigenvalue weighted by atomic mass is 32.2. The summed E-state index contributed by atoms with van der Waals surface area (Å²) in [5, 5.41) is -0.415. The Kier molecular flexibility index (Phi) is 4.71. The highest BCUT2D eigenvalue weighted by molar-refractivity contribution is 8.00. The van der Waals surface area contributed by atoms with Crippen LogP contribution in [0.15, 0.2) is 47.6 Å². The van der Waals surface area contributed by atoms with Crippen molar-refractivity contribution in [3.63, 3.8) is 0 Å². The molecule has 2 aromatic carbocycles. The predicted molar refractivity (Wildman–Crippen MR) is 91.6 cm³/mol. The van der Waals surface area contributed by atoms with Crippen LogP contribution in [0.3, 0.4) is 0 Å². The number of nitrogens with zero attached hydrogens (tertiary/aromatic N) is 1. The number of imidazole rings is 1. The first-order chi connectivity index (χ1) is 12.0. The molecule has 0 saturated carbocycles. The molecular formula is C17H14FN3O3S. The molecule has 6 nitrogen and oxygen atoms in total. The minimum Gasteiger partial charge on any atom is -0.468 e. The lowest BCUT2D eigenvalue weighted by Crippen LogP contribution is -2.12. The van der Waals surface area contributed by atoms with E-state index in [1.165, 1.54) is 25.3 Å². The van der Waals surface area contributed by atoms with Crippen LogP contribution in [-0.2, 0) is 9.53 Å². The molecule has 3 rings (SSSR count). The molecule has 0 fully saturated rings. The van der Waals surface area contributed by atoms with Gasteiger partial charge in [0.2, 0.25) is 0 Å². The molecule has 3 aromatic rings. The summed E-state index contributed by atoms with van der Waals surface area (Å²) in [6, 6.07) is 10.7. The van der Waals surface area contributed by atoms with Gasteiger partial charge in [0.05, 0.1) is 18.2 Å². The number of benzene rings is 2. The summed E-state index contributed by atoms with van der Waals surface area (Å²) in [6.45, 7) is 0. The smallest absolute Gasteiger partial charge is 0.323 e. The van der Waals surface area contributed by atoms with Gasteiger partial charge in [-0.25, -0.2) is 9.37 Å². The molecule has 1 atom stereocenters. The van der Waals surface area contributed by atoms with Gasteiger partial charge in [-0.05, 0) is 29.8 Å². The number of esters is 1. The average Bonchev–Trinajstić information content (AvgIpc) is 3.01. The number of para-hydroxylation sites is 1. The first-order valence-corrected chi connectivity index (χ1v) is 8.16. The fourth-order valence-electron chi connectivity index (χ4n) is 2.40. The Labute approximate surface area is 146 Å². The van der Waals surface area contributed by atoms with Crippen LogP contribution in [-0.4, -0.2) is 29.0 Å². The number of aromatic nitrogens is 2. The number of amides is 1. The SMILES string of the molecule is COC(=O)C(Sc1nc2c(C(N)=O)cccc2[nH]1)c1cccc(F)c1. The van der Waals surface area contributed by atoms with Crippen molar-refractivity contribution in [3.8, 4) is 0 Å². The number of carbonyl (C=O) groups is 2. The second-order valence-electron chi connectivity index (χ2n) is 5.18. The molecule has 1 heterocycles. The molecule has 0 saturated heterocycles. The van der Waals surface area contributed by atoms with Crippen LogP contribution in [0.1, 0.15) is 21.2 Å². The number of carbonyl (C=O) groups excluding carboxylic acids is 2. The predicted octanol–water partition coefficient (Wildman–Crippen LogP) is 2.81. The third-order valence-electron chi connectivity index (χ3n) is 3.55. The van der Waals surface area contributed by atoms with Crippen LogP contribution in [0.4, 0.5) is 4.39 Å². The number of rotatable bonds is 5. The number of hydrogen-bond acceptors (Lipinski definition) is 5. The van der Waals surface area contributed by atoms with Crippen LogP contribution < -0.4 is 5.73 Å². The quantitative estimate of drug-likeness (QED) is 0.539. The maximum atomic E-state index is 13.5. The summed E-state index contributed by atoms with van der Waals surface area (Å²) in [5.74, 6) is -1.58. The number of aromatic amines is 1. The summed E-state index contributed by atoms with van der Waals surface area (Å²) in [6.07, 6.45) is 0. The lowest BCUT2D eigenvalue weighted by Gasteiger charge is -2.13. The lowest BCUT2D eigenvalue weighted by atomic mass is 10.1. The zero-order valence-corrected chi connectivity index (χ0v) is 14.0. The van der Waals surface area contributed by atoms with Crippen LogP contribution in [0.5, 0.6) is 0 Å². The Morgan fingerprint density at radius 2 is 2.04 bits per heavy atom. The lowest BCUT2D eigenvalue weighted by molar-refractivity contribution is -0.140. The highest BCUT2D eigenvalue weighted by Crippen LogP contribution is 2.36. The van der Waals surface area contributed by atoms with Crippen molar-refractivity contribution in [3.05, 3.63) is 59.4 Å². The Balaban J connectivity index is 2.00. The standard InChI is InChI=1S/C17H14FN3O3S/c1-24-16(23)14(9-4-2-5-10(18)8-9)25-17-20-12-7-3-6-11(15(19)22)13(12)21-17/h2-8,14H,1H3,(H2,19,22)(H,20,21). The molecule has 0 aliphatic carbocycles. The van der Waals surface area contributed by atoms with E-state index >= 15 is 0 Å². The van der Waals surface area contributed by atoms with Gasteiger partial charge in [0, 0.05) is 0 Å². The van der Waals surface area contributed by atoms with Gasteiger partial charge in [-0.1, -0.05) is 30.0 Å². The van der Waals surface area contributed by atoms with E-state index in [0.29, 0.717) is 21.8 Å². The maximum absolute atomic E-state index is 13.5. The third-order valence-corrected chi connectivity index (χ3v) is 4.67. The monoisotopic (exact) mass is 359 g/mol. The van der Waals surface area contributed by atoms with Crippen LogP contribution in [0, 0.1) is 5.82 Å². The van der Waals surface area contributed by atoms with Gasteiger partial charge in [0.25, 0.3) is 5.91 Å². The molecule has 25 heavy (non-hydrogen) atoms. The minimum absolute atomic E-state index is 0.279. The van der Waals surface area contributed by atoms with Crippen molar-refractivity contribution in [1.29, 1.82) is 0 Å². The molecule has 1 unspecified atom stereocenters. The molecule has 1 aromatic heterocycles. The Morgan fingerprint density at radius 1 is 1.28 bits per heavy atom. The van der Waals surface area contributed by atoms with E-state index in [2.05, 4.69) is 9.97 Å². The molecule has 1 amide bonds. The van der Waals surface area contributed by atoms with E-state index in [-0.39, 0.29) is 5.56 Å². The normalized spacial score (nSPS) is 12.1. The van der Waals surface area contributed by atoms with E-state index in [1.807, 2.05) is 0 Å². The fourth-order valence-corrected chi connectivity index (χ4v) is 3.42. The van der Waals surface area contributed by atoms with Crippen molar-refractivity contribution in [2.75, 3.05) is 7.11 Å².